The molecule has 6 heteroatoms. The normalized spacial score (nSPS) is 14.6. The molecule has 146 valence electrons. The molecule has 0 bridgehead atoms. The zero-order valence-corrected chi connectivity index (χ0v) is 17.5. The number of hydrogen-bond donors (Lipinski definition) is 0. The van der Waals surface area contributed by atoms with E-state index in [9.17, 15) is 4.79 Å². The zero-order valence-electron chi connectivity index (χ0n) is 16.7. The third kappa shape index (κ3) is 2.82. The largest absolute Gasteiger partial charge is 0.268 e. The highest BCUT2D eigenvalue weighted by Crippen LogP contribution is 2.40. The van der Waals surface area contributed by atoms with Crippen LogP contribution in [0.25, 0.3) is 17.0 Å². The molecular weight excluding hydrogens is 380 g/mol. The first-order chi connectivity index (χ1) is 14.0. The highest BCUT2D eigenvalue weighted by atomic mass is 32.2. The maximum atomic E-state index is 13.7. The number of thioether (sulfide) groups is 1. The van der Waals surface area contributed by atoms with Crippen LogP contribution in [0.4, 0.5) is 0 Å². The monoisotopic (exact) mass is 402 g/mol. The Kier molecular flexibility index (Phi) is 4.13. The van der Waals surface area contributed by atoms with Crippen molar-refractivity contribution >= 4 is 17.5 Å². The van der Waals surface area contributed by atoms with Gasteiger partial charge in [0.25, 0.3) is 5.56 Å². The van der Waals surface area contributed by atoms with E-state index in [0.717, 1.165) is 28.8 Å². The molecular formula is C23H22N4OS. The Hall–Kier alpha value is -2.86. The summed E-state index contributed by atoms with van der Waals surface area (Å²) in [5.74, 6) is 0.592. The van der Waals surface area contributed by atoms with Crippen molar-refractivity contribution in [1.29, 1.82) is 0 Å². The predicted octanol–water partition coefficient (Wildman–Crippen LogP) is 4.16. The van der Waals surface area contributed by atoms with E-state index in [1.807, 2.05) is 35.2 Å². The van der Waals surface area contributed by atoms with Gasteiger partial charge in [0.15, 0.2) is 5.16 Å². The summed E-state index contributed by atoms with van der Waals surface area (Å²) < 4.78 is 3.52. The minimum atomic E-state index is -0.286. The quantitative estimate of drug-likeness (QED) is 0.483. The third-order valence-electron chi connectivity index (χ3n) is 5.63. The van der Waals surface area contributed by atoms with Gasteiger partial charge < -0.3 is 0 Å². The molecule has 5 nitrogen and oxygen atoms in total. The second-order valence-electron chi connectivity index (χ2n) is 8.12. The van der Waals surface area contributed by atoms with E-state index in [1.54, 1.807) is 4.40 Å². The molecule has 0 unspecified atom stereocenters. The Morgan fingerprint density at radius 2 is 1.79 bits per heavy atom. The van der Waals surface area contributed by atoms with Crippen molar-refractivity contribution in [2.24, 2.45) is 0 Å². The molecule has 0 aliphatic heterocycles. The van der Waals surface area contributed by atoms with Crippen LogP contribution in [0.1, 0.15) is 30.5 Å². The number of fused-ring (bicyclic) bond motifs is 4. The van der Waals surface area contributed by atoms with Gasteiger partial charge in [-0.05, 0) is 23.8 Å². The molecule has 5 rings (SSSR count). The van der Waals surface area contributed by atoms with Gasteiger partial charge in [0, 0.05) is 11.0 Å². The SMILES string of the molecule is CSc1nn(Cc2ccccc2)c2nc3c(c(=O)n12)C(C)(C)Cc1ccccc1-3. The summed E-state index contributed by atoms with van der Waals surface area (Å²) in [6, 6.07) is 18.4. The van der Waals surface area contributed by atoms with E-state index in [4.69, 9.17) is 10.1 Å². The zero-order chi connectivity index (χ0) is 20.2. The van der Waals surface area contributed by atoms with E-state index >= 15 is 0 Å². The van der Waals surface area contributed by atoms with Crippen molar-refractivity contribution in [2.45, 2.75) is 37.4 Å². The van der Waals surface area contributed by atoms with Crippen LogP contribution < -0.4 is 5.56 Å². The smallest absolute Gasteiger partial charge is 0.265 e. The second-order valence-corrected chi connectivity index (χ2v) is 8.90. The minimum Gasteiger partial charge on any atom is -0.268 e. The minimum absolute atomic E-state index is 0.00633. The predicted molar refractivity (Wildman–Crippen MR) is 117 cm³/mol. The summed E-state index contributed by atoms with van der Waals surface area (Å²) in [5, 5.41) is 5.39. The number of nitrogens with zero attached hydrogens (tertiary/aromatic N) is 4. The summed E-state index contributed by atoms with van der Waals surface area (Å²) in [6.07, 6.45) is 2.77. The van der Waals surface area contributed by atoms with Gasteiger partial charge in [0.05, 0.1) is 17.8 Å². The molecule has 0 spiro atoms. The maximum absolute atomic E-state index is 13.7. The van der Waals surface area contributed by atoms with Gasteiger partial charge in [-0.15, -0.1) is 5.10 Å². The van der Waals surface area contributed by atoms with Crippen molar-refractivity contribution < 1.29 is 0 Å². The van der Waals surface area contributed by atoms with Crippen LogP contribution in [0.3, 0.4) is 0 Å². The topological polar surface area (TPSA) is 52.2 Å². The summed E-state index contributed by atoms with van der Waals surface area (Å²) >= 11 is 1.47. The molecule has 0 atom stereocenters. The second kappa shape index (κ2) is 6.59. The Labute approximate surface area is 173 Å². The Morgan fingerprint density at radius 3 is 2.55 bits per heavy atom. The molecule has 0 amide bonds. The van der Waals surface area contributed by atoms with E-state index in [1.165, 1.54) is 17.3 Å². The van der Waals surface area contributed by atoms with Gasteiger partial charge in [-0.2, -0.15) is 0 Å². The molecule has 29 heavy (non-hydrogen) atoms. The van der Waals surface area contributed by atoms with Crippen LogP contribution in [0.2, 0.25) is 0 Å². The van der Waals surface area contributed by atoms with E-state index in [0.29, 0.717) is 17.5 Å². The Morgan fingerprint density at radius 1 is 1.07 bits per heavy atom. The van der Waals surface area contributed by atoms with Crippen LogP contribution in [-0.4, -0.2) is 25.4 Å². The number of benzene rings is 2. The van der Waals surface area contributed by atoms with Crippen LogP contribution >= 0.6 is 11.8 Å². The van der Waals surface area contributed by atoms with Gasteiger partial charge in [0.1, 0.15) is 0 Å². The number of hydrogen-bond acceptors (Lipinski definition) is 4. The molecule has 1 aliphatic carbocycles. The van der Waals surface area contributed by atoms with E-state index < -0.39 is 0 Å². The van der Waals surface area contributed by atoms with Gasteiger partial charge in [0.2, 0.25) is 5.78 Å². The fourth-order valence-electron chi connectivity index (χ4n) is 4.32. The van der Waals surface area contributed by atoms with Gasteiger partial charge in [-0.1, -0.05) is 80.2 Å². The summed E-state index contributed by atoms with van der Waals surface area (Å²) in [4.78, 5) is 18.7. The first-order valence-electron chi connectivity index (χ1n) is 9.70. The number of aromatic nitrogens is 4. The molecule has 0 saturated carbocycles. The van der Waals surface area contributed by atoms with E-state index in [-0.39, 0.29) is 11.0 Å². The first-order valence-corrected chi connectivity index (χ1v) is 10.9. The molecule has 1 aliphatic rings. The molecule has 4 aromatic rings. The third-order valence-corrected chi connectivity index (χ3v) is 6.26. The Balaban J connectivity index is 1.83. The average molecular weight is 403 g/mol. The van der Waals surface area contributed by atoms with Crippen LogP contribution in [0.5, 0.6) is 0 Å². The highest BCUT2D eigenvalue weighted by molar-refractivity contribution is 7.98. The molecule has 0 radical (unpaired) electrons. The highest BCUT2D eigenvalue weighted by Gasteiger charge is 2.36. The van der Waals surface area contributed by atoms with Crippen molar-refractivity contribution in [3.63, 3.8) is 0 Å². The fourth-order valence-corrected chi connectivity index (χ4v) is 4.84. The lowest BCUT2D eigenvalue weighted by atomic mass is 9.72. The first kappa shape index (κ1) is 18.2. The van der Waals surface area contributed by atoms with Crippen molar-refractivity contribution in [1.82, 2.24) is 19.2 Å². The van der Waals surface area contributed by atoms with Crippen molar-refractivity contribution in [3.8, 4) is 11.3 Å². The molecule has 2 heterocycles. The molecule has 2 aromatic heterocycles. The van der Waals surface area contributed by atoms with Crippen LogP contribution in [0.15, 0.2) is 64.5 Å². The fraction of sp³-hybridized carbons (Fsp3) is 0.261. The van der Waals surface area contributed by atoms with Crippen molar-refractivity contribution in [3.05, 3.63) is 81.6 Å². The lowest BCUT2D eigenvalue weighted by molar-refractivity contribution is 0.505. The molecule has 0 fully saturated rings. The van der Waals surface area contributed by atoms with Crippen molar-refractivity contribution in [2.75, 3.05) is 6.26 Å². The molecule has 2 aromatic carbocycles. The average Bonchev–Trinajstić information content (AvgIpc) is 3.06. The molecule has 0 N–H and O–H groups in total. The summed E-state index contributed by atoms with van der Waals surface area (Å²) in [5.41, 5.74) is 4.70. The van der Waals surface area contributed by atoms with Gasteiger partial charge in [-0.25, -0.2) is 14.1 Å². The summed E-state index contributed by atoms with van der Waals surface area (Å²) in [6.45, 7) is 4.83. The van der Waals surface area contributed by atoms with Crippen LogP contribution in [0, 0.1) is 0 Å². The van der Waals surface area contributed by atoms with Gasteiger partial charge in [-0.3, -0.25) is 4.79 Å². The maximum Gasteiger partial charge on any atom is 0.265 e. The Bertz CT molecular complexity index is 1290. The van der Waals surface area contributed by atoms with E-state index in [2.05, 4.69) is 44.2 Å². The lowest BCUT2D eigenvalue weighted by Gasteiger charge is -2.32. The summed E-state index contributed by atoms with van der Waals surface area (Å²) in [7, 11) is 0. The molecule has 0 saturated heterocycles. The van der Waals surface area contributed by atoms with Crippen LogP contribution in [-0.2, 0) is 18.4 Å². The lowest BCUT2D eigenvalue weighted by Crippen LogP contribution is -2.36. The number of rotatable bonds is 3. The standard InChI is InChI=1S/C23H22N4OS/c1-23(2)13-16-11-7-8-12-17(16)19-18(23)20(28)27-21(24-19)26(25-22(27)29-3)14-15-9-5-4-6-10-15/h4-12H,13-14H2,1-3H3. The van der Waals surface area contributed by atoms with Gasteiger partial charge >= 0.3 is 0 Å².